The van der Waals surface area contributed by atoms with Gasteiger partial charge in [0.1, 0.15) is 0 Å². The molecule has 0 saturated carbocycles. The minimum absolute atomic E-state index is 0. The van der Waals surface area contributed by atoms with Gasteiger partial charge >= 0.3 is 86.0 Å². The number of para-hydroxylation sites is 2. The van der Waals surface area contributed by atoms with Crippen molar-refractivity contribution in [2.24, 2.45) is 0 Å². The molecule has 6 heteroatoms. The Labute approximate surface area is 130 Å². The van der Waals surface area contributed by atoms with Crippen molar-refractivity contribution in [3.8, 4) is 0 Å². The van der Waals surface area contributed by atoms with E-state index in [2.05, 4.69) is 39.6 Å². The quantitative estimate of drug-likeness (QED) is 0.501. The summed E-state index contributed by atoms with van der Waals surface area (Å²) in [6.45, 7) is 4.54. The number of benzene rings is 1. The number of fused-ring (bicyclic) bond motifs is 1. The molecule has 2 nitrogen and oxygen atoms in total. The van der Waals surface area contributed by atoms with Gasteiger partial charge in [-0.25, -0.2) is 0 Å². The Kier molecular flexibility index (Phi) is 12.8. The van der Waals surface area contributed by atoms with Crippen LogP contribution in [0.1, 0.15) is 7.43 Å². The summed E-state index contributed by atoms with van der Waals surface area (Å²) >= 11 is 2.48. The van der Waals surface area contributed by atoms with Gasteiger partial charge in [-0.15, -0.1) is 0 Å². The number of rotatable bonds is 2. The first kappa shape index (κ1) is 22.1. The second kappa shape index (κ2) is 9.87. The number of imidazole rings is 1. The first-order chi connectivity index (χ1) is 6.33. The summed E-state index contributed by atoms with van der Waals surface area (Å²) < 4.78 is 3.11. The van der Waals surface area contributed by atoms with E-state index in [0.717, 1.165) is 22.1 Å². The molecule has 0 amide bonds. The maximum absolute atomic E-state index is 4.42. The Hall–Kier alpha value is -0.116. The second-order valence-corrected chi connectivity index (χ2v) is 3.42. The van der Waals surface area contributed by atoms with Crippen LogP contribution < -0.4 is 41.8 Å². The zero-order valence-corrected chi connectivity index (χ0v) is 11.9. The third kappa shape index (κ3) is 4.57. The zero-order valence-electron chi connectivity index (χ0n) is 8.28. The number of halogens is 3. The minimum Gasteiger partial charge on any atom is -1.00 e. The van der Waals surface area contributed by atoms with Crippen molar-refractivity contribution in [2.75, 3.05) is 0 Å². The van der Waals surface area contributed by atoms with Crippen molar-refractivity contribution in [2.45, 2.75) is 14.0 Å². The van der Waals surface area contributed by atoms with Gasteiger partial charge in [-0.05, 0) is 0 Å². The Balaban J connectivity index is -0.000000490. The molecule has 2 aromatic rings. The van der Waals surface area contributed by atoms with Crippen molar-refractivity contribution >= 4 is 15.6 Å². The zero-order chi connectivity index (χ0) is 9.26. The third-order valence-corrected chi connectivity index (χ3v) is 2.48. The van der Waals surface area contributed by atoms with Gasteiger partial charge in [0.15, 0.2) is 0 Å². The molecule has 93 valence electrons. The summed E-state index contributed by atoms with van der Waals surface area (Å²) in [5.74, 6) is 0. The minimum atomic E-state index is 0. The number of nitrogens with zero attached hydrogens (tertiary/aromatic N) is 2. The average molecular weight is 331 g/mol. The molecule has 0 spiro atoms. The van der Waals surface area contributed by atoms with Crippen LogP contribution in [0, 0.1) is 0 Å². The fourth-order valence-electron chi connectivity index (χ4n) is 1.37. The molecule has 0 fully saturated rings. The maximum Gasteiger partial charge on any atom is -1.00 e. The summed E-state index contributed by atoms with van der Waals surface area (Å²) in [6.07, 6.45) is 1.88. The molecule has 1 heterocycles. The van der Waals surface area contributed by atoms with Crippen molar-refractivity contribution in [3.05, 3.63) is 36.9 Å². The number of hydrogen-bond donors (Lipinski definition) is 0. The Morgan fingerprint density at radius 1 is 1.24 bits per heavy atom. The van der Waals surface area contributed by atoms with Crippen molar-refractivity contribution in [1.29, 1.82) is 0 Å². The van der Waals surface area contributed by atoms with Gasteiger partial charge in [-0.3, -0.25) is 0 Å². The van der Waals surface area contributed by atoms with Crippen LogP contribution in [0.2, 0.25) is 0 Å². The molecular formula is C11H13Cl3N2V. The standard InChI is InChI=1S/C10H9N2.CH4.3ClH.V/c1-2-7-12-8-11-9-5-3-4-6-10(9)12;;;;;/h2-6H,1,7H2;1H4;3*1H;/q;;;;;+3/p-3. The van der Waals surface area contributed by atoms with Gasteiger partial charge in [-0.1, -0.05) is 7.43 Å². The molecule has 1 aromatic heterocycles. The van der Waals surface area contributed by atoms with E-state index in [0.29, 0.717) is 0 Å². The van der Waals surface area contributed by atoms with Crippen LogP contribution >= 0.6 is 0 Å². The van der Waals surface area contributed by atoms with E-state index in [1.165, 1.54) is 0 Å². The van der Waals surface area contributed by atoms with E-state index in [9.17, 15) is 0 Å². The molecular weight excluding hydrogens is 317 g/mol. The molecule has 0 aliphatic carbocycles. The Morgan fingerprint density at radius 2 is 1.82 bits per heavy atom. The van der Waals surface area contributed by atoms with E-state index in [1.807, 2.05) is 24.3 Å². The van der Waals surface area contributed by atoms with Crippen molar-refractivity contribution < 1.29 is 54.6 Å². The van der Waals surface area contributed by atoms with E-state index < -0.39 is 0 Å². The molecule has 2 rings (SSSR count). The van der Waals surface area contributed by atoms with Crippen LogP contribution in [0.15, 0.2) is 36.9 Å². The second-order valence-electron chi connectivity index (χ2n) is 2.80. The third-order valence-electron chi connectivity index (χ3n) is 1.95. The van der Waals surface area contributed by atoms with Crippen LogP contribution in [0.3, 0.4) is 0 Å². The summed E-state index contributed by atoms with van der Waals surface area (Å²) in [5, 5.41) is 0. The molecule has 0 bridgehead atoms. The first-order valence-electron chi connectivity index (χ1n) is 4.08. The van der Waals surface area contributed by atoms with Crippen molar-refractivity contribution in [1.82, 2.24) is 9.55 Å². The first-order valence-corrected chi connectivity index (χ1v) is 4.78. The summed E-state index contributed by atoms with van der Waals surface area (Å²) in [6, 6.07) is 8.12. The summed E-state index contributed by atoms with van der Waals surface area (Å²) in [5.41, 5.74) is 2.21. The largest absolute Gasteiger partial charge is 1.00 e. The fraction of sp³-hybridized carbons (Fsp3) is 0.182. The van der Waals surface area contributed by atoms with Gasteiger partial charge < -0.3 is 37.2 Å². The van der Waals surface area contributed by atoms with Crippen LogP contribution in [0.5, 0.6) is 0 Å². The van der Waals surface area contributed by atoms with Crippen LogP contribution in [-0.2, 0) is 24.0 Å². The average Bonchev–Trinajstić information content (AvgIpc) is 2.44. The smallest absolute Gasteiger partial charge is 1.00 e. The van der Waals surface area contributed by atoms with E-state index >= 15 is 0 Å². The predicted octanol–water partition coefficient (Wildman–Crippen LogP) is -6.96. The van der Waals surface area contributed by atoms with E-state index in [-0.39, 0.29) is 44.6 Å². The summed E-state index contributed by atoms with van der Waals surface area (Å²) in [4.78, 5) is 4.42. The van der Waals surface area contributed by atoms with Crippen molar-refractivity contribution in [3.63, 3.8) is 0 Å². The maximum atomic E-state index is 4.42. The molecule has 17 heavy (non-hydrogen) atoms. The molecule has 0 aliphatic heterocycles. The molecule has 0 unspecified atom stereocenters. The number of hydrogen-bond acceptors (Lipinski definition) is 1. The van der Waals surface area contributed by atoms with E-state index in [4.69, 9.17) is 0 Å². The predicted molar refractivity (Wildman–Crippen MR) is 56.3 cm³/mol. The SMILES string of the molecule is C.C=CCn1[c]([V+3])nc2ccccc21.[Cl-].[Cl-].[Cl-]. The monoisotopic (exact) mass is 329 g/mol. The van der Waals surface area contributed by atoms with Gasteiger partial charge in [0, 0.05) is 0 Å². The van der Waals surface area contributed by atoms with Crippen LogP contribution in [-0.4, -0.2) is 9.55 Å². The van der Waals surface area contributed by atoms with Crippen LogP contribution in [0.4, 0.5) is 0 Å². The van der Waals surface area contributed by atoms with E-state index in [1.54, 1.807) is 0 Å². The molecule has 0 aliphatic rings. The van der Waals surface area contributed by atoms with Crippen LogP contribution in [0.25, 0.3) is 11.0 Å². The molecule has 0 N–H and O–H groups in total. The van der Waals surface area contributed by atoms with Gasteiger partial charge in [0.25, 0.3) is 0 Å². The molecule has 1 aromatic carbocycles. The fourth-order valence-corrected chi connectivity index (χ4v) is 1.84. The van der Waals surface area contributed by atoms with Gasteiger partial charge in [-0.2, -0.15) is 0 Å². The number of aromatic nitrogens is 2. The molecule has 0 radical (unpaired) electrons. The Bertz CT molecular complexity index is 457. The van der Waals surface area contributed by atoms with Gasteiger partial charge in [0.2, 0.25) is 0 Å². The Morgan fingerprint density at radius 3 is 2.41 bits per heavy atom. The number of allylic oxidation sites excluding steroid dienone is 1. The topological polar surface area (TPSA) is 17.8 Å². The molecule has 0 atom stereocenters. The summed E-state index contributed by atoms with van der Waals surface area (Å²) in [7, 11) is 0. The normalized spacial score (nSPS) is 8.12. The van der Waals surface area contributed by atoms with Gasteiger partial charge in [0.05, 0.1) is 0 Å². The molecule has 0 saturated heterocycles.